The summed E-state index contributed by atoms with van der Waals surface area (Å²) in [6.45, 7) is 3.04. The molecule has 1 unspecified atom stereocenters. The number of tetrazole rings is 1. The standard InChI is InChI=1S/C16H17ClF3N5O4S/c1-5-27-15(26)29-8(2)28-13(21-14-22-23-24-25(14)3)9-6-7-10(16(18,19)20)12(30-4)11(9)17/h6-8H,5H2,1-4H3/b21-13-. The van der Waals surface area contributed by atoms with Gasteiger partial charge in [-0.15, -0.1) is 11.8 Å². The third-order valence-electron chi connectivity index (χ3n) is 3.44. The van der Waals surface area contributed by atoms with Gasteiger partial charge >= 0.3 is 12.3 Å². The fourth-order valence-corrected chi connectivity index (χ4v) is 3.34. The van der Waals surface area contributed by atoms with Crippen molar-refractivity contribution in [2.75, 3.05) is 12.9 Å². The average Bonchev–Trinajstić information content (AvgIpc) is 3.04. The fraction of sp³-hybridized carbons (Fsp3) is 0.438. The minimum atomic E-state index is -4.60. The summed E-state index contributed by atoms with van der Waals surface area (Å²) in [7, 11) is 1.50. The number of aliphatic imine (C=N–C) groups is 1. The van der Waals surface area contributed by atoms with E-state index in [4.69, 9.17) is 21.1 Å². The highest BCUT2D eigenvalue weighted by Crippen LogP contribution is 2.41. The Hall–Kier alpha value is -2.54. The molecular formula is C16H17ClF3N5O4S. The van der Waals surface area contributed by atoms with E-state index in [0.717, 1.165) is 23.9 Å². The van der Waals surface area contributed by atoms with Gasteiger partial charge in [0, 0.05) is 18.9 Å². The zero-order valence-electron chi connectivity index (χ0n) is 16.2. The Kier molecular flexibility index (Phi) is 7.89. The number of nitrogens with zero attached hydrogens (tertiary/aromatic N) is 5. The fourth-order valence-electron chi connectivity index (χ4n) is 2.17. The van der Waals surface area contributed by atoms with Gasteiger partial charge < -0.3 is 14.2 Å². The number of benzene rings is 1. The van der Waals surface area contributed by atoms with Crippen molar-refractivity contribution in [3.05, 3.63) is 28.3 Å². The Morgan fingerprint density at radius 1 is 1.37 bits per heavy atom. The number of aryl methyl sites for hydroxylation is 1. The number of hydrogen-bond acceptors (Lipinski definition) is 9. The minimum Gasteiger partial charge on any atom is -0.437 e. The van der Waals surface area contributed by atoms with E-state index < -0.39 is 24.2 Å². The molecule has 0 N–H and O–H groups in total. The molecule has 0 bridgehead atoms. The van der Waals surface area contributed by atoms with Crippen LogP contribution in [0.15, 0.2) is 22.0 Å². The van der Waals surface area contributed by atoms with Gasteiger partial charge in [-0.1, -0.05) is 16.7 Å². The van der Waals surface area contributed by atoms with Crippen molar-refractivity contribution >= 4 is 41.4 Å². The molecule has 0 saturated carbocycles. The lowest BCUT2D eigenvalue weighted by Gasteiger charge is -2.19. The molecule has 14 heteroatoms. The molecule has 0 aliphatic carbocycles. The van der Waals surface area contributed by atoms with Crippen molar-refractivity contribution in [1.29, 1.82) is 0 Å². The second-order valence-corrected chi connectivity index (χ2v) is 6.71. The lowest BCUT2D eigenvalue weighted by molar-refractivity contribution is -0.139. The van der Waals surface area contributed by atoms with Crippen LogP contribution in [0.5, 0.6) is 0 Å². The quantitative estimate of drug-likeness (QED) is 0.205. The number of thioether (sulfide) groups is 1. The van der Waals surface area contributed by atoms with Crippen LogP contribution in [-0.2, 0) is 27.4 Å². The maximum absolute atomic E-state index is 13.3. The zero-order chi connectivity index (χ0) is 22.5. The number of alkyl halides is 3. The van der Waals surface area contributed by atoms with Crippen LogP contribution in [0.2, 0.25) is 5.02 Å². The van der Waals surface area contributed by atoms with Gasteiger partial charge in [0.15, 0.2) is 0 Å². The number of carbonyl (C=O) groups excluding carboxylic acids is 1. The molecule has 164 valence electrons. The maximum Gasteiger partial charge on any atom is 0.511 e. The number of aromatic nitrogens is 4. The van der Waals surface area contributed by atoms with E-state index in [0.29, 0.717) is 0 Å². The summed E-state index contributed by atoms with van der Waals surface area (Å²) in [5, 5.41) is 10.5. The third kappa shape index (κ3) is 5.75. The molecule has 2 aromatic rings. The summed E-state index contributed by atoms with van der Waals surface area (Å²) in [6, 6.07) is 1.96. The van der Waals surface area contributed by atoms with Crippen molar-refractivity contribution in [1.82, 2.24) is 20.2 Å². The Balaban J connectivity index is 2.51. The molecule has 0 amide bonds. The summed E-state index contributed by atoms with van der Waals surface area (Å²) in [5.41, 5.74) is -0.879. The van der Waals surface area contributed by atoms with Crippen LogP contribution >= 0.6 is 23.4 Å². The number of carbonyl (C=O) groups is 1. The first kappa shape index (κ1) is 23.7. The predicted molar refractivity (Wildman–Crippen MR) is 102 cm³/mol. The summed E-state index contributed by atoms with van der Waals surface area (Å²) < 4.78 is 56.2. The molecule has 0 fully saturated rings. The highest BCUT2D eigenvalue weighted by Gasteiger charge is 2.35. The first-order valence-corrected chi connectivity index (χ1v) is 9.93. The van der Waals surface area contributed by atoms with E-state index in [-0.39, 0.29) is 33.9 Å². The molecular weight excluding hydrogens is 451 g/mol. The molecule has 2 rings (SSSR count). The first-order chi connectivity index (χ1) is 14.1. The van der Waals surface area contributed by atoms with E-state index >= 15 is 0 Å². The van der Waals surface area contributed by atoms with E-state index in [9.17, 15) is 18.0 Å². The summed E-state index contributed by atoms with van der Waals surface area (Å²) in [4.78, 5) is 15.4. The van der Waals surface area contributed by atoms with Crippen LogP contribution in [0, 0.1) is 0 Å². The summed E-state index contributed by atoms with van der Waals surface area (Å²) in [6.07, 6.45) is -5.35. The van der Waals surface area contributed by atoms with E-state index in [1.807, 2.05) is 0 Å². The maximum atomic E-state index is 13.3. The van der Waals surface area contributed by atoms with Gasteiger partial charge in [0.25, 0.3) is 5.95 Å². The molecule has 0 spiro atoms. The monoisotopic (exact) mass is 467 g/mol. The topological polar surface area (TPSA) is 101 Å². The number of halogens is 4. The normalized spacial score (nSPS) is 13.1. The van der Waals surface area contributed by atoms with Gasteiger partial charge in [0.1, 0.15) is 0 Å². The zero-order valence-corrected chi connectivity index (χ0v) is 17.8. The molecule has 1 heterocycles. The Bertz CT molecular complexity index is 938. The molecule has 1 aromatic carbocycles. The van der Waals surface area contributed by atoms with Crippen molar-refractivity contribution in [3.8, 4) is 0 Å². The lowest BCUT2D eigenvalue weighted by atomic mass is 10.1. The first-order valence-electron chi connectivity index (χ1n) is 8.33. The Labute approximate surface area is 178 Å². The molecule has 30 heavy (non-hydrogen) atoms. The van der Waals surface area contributed by atoms with Crippen LogP contribution in [0.1, 0.15) is 25.0 Å². The molecule has 0 radical (unpaired) electrons. The van der Waals surface area contributed by atoms with Crippen molar-refractivity contribution in [2.45, 2.75) is 31.2 Å². The lowest BCUT2D eigenvalue weighted by Crippen LogP contribution is -2.23. The van der Waals surface area contributed by atoms with Gasteiger partial charge in [-0.3, -0.25) is 0 Å². The van der Waals surface area contributed by atoms with E-state index in [2.05, 4.69) is 25.3 Å². The Morgan fingerprint density at radius 3 is 2.60 bits per heavy atom. The third-order valence-corrected chi connectivity index (χ3v) is 4.78. The second-order valence-electron chi connectivity index (χ2n) is 5.51. The van der Waals surface area contributed by atoms with E-state index in [1.54, 1.807) is 6.92 Å². The van der Waals surface area contributed by atoms with Crippen LogP contribution in [-0.4, -0.2) is 51.4 Å². The average molecular weight is 468 g/mol. The van der Waals surface area contributed by atoms with Crippen LogP contribution in [0.25, 0.3) is 0 Å². The van der Waals surface area contributed by atoms with E-state index in [1.165, 1.54) is 24.9 Å². The highest BCUT2D eigenvalue weighted by molar-refractivity contribution is 7.98. The molecule has 0 aliphatic rings. The van der Waals surface area contributed by atoms with Crippen molar-refractivity contribution in [3.63, 3.8) is 0 Å². The molecule has 9 nitrogen and oxygen atoms in total. The molecule has 0 aliphatic heterocycles. The number of ether oxygens (including phenoxy) is 3. The van der Waals surface area contributed by atoms with Crippen LogP contribution in [0.4, 0.5) is 23.9 Å². The van der Waals surface area contributed by atoms with Gasteiger partial charge in [-0.2, -0.15) is 18.2 Å². The second kappa shape index (κ2) is 9.98. The summed E-state index contributed by atoms with van der Waals surface area (Å²) >= 11 is 7.08. The van der Waals surface area contributed by atoms with Gasteiger partial charge in [-0.05, 0) is 35.7 Å². The van der Waals surface area contributed by atoms with Gasteiger partial charge in [0.2, 0.25) is 12.2 Å². The largest absolute Gasteiger partial charge is 0.511 e. The Morgan fingerprint density at radius 2 is 2.07 bits per heavy atom. The molecule has 0 saturated heterocycles. The van der Waals surface area contributed by atoms with Crippen LogP contribution in [0.3, 0.4) is 0 Å². The van der Waals surface area contributed by atoms with Crippen molar-refractivity contribution < 1.29 is 32.2 Å². The summed E-state index contributed by atoms with van der Waals surface area (Å²) in [5.74, 6) is -0.270. The van der Waals surface area contributed by atoms with Crippen LogP contribution < -0.4 is 0 Å². The minimum absolute atomic E-state index is 0.0185. The van der Waals surface area contributed by atoms with Crippen molar-refractivity contribution in [2.24, 2.45) is 12.0 Å². The van der Waals surface area contributed by atoms with Gasteiger partial charge in [-0.25, -0.2) is 9.48 Å². The molecule has 1 atom stereocenters. The SMILES string of the molecule is CCOC(=O)OC(C)O/C(=N\c1nnnn1C)c1ccc(C(F)(F)F)c(SC)c1Cl. The predicted octanol–water partition coefficient (Wildman–Crippen LogP) is 4.22. The highest BCUT2D eigenvalue weighted by atomic mass is 35.5. The number of rotatable bonds is 6. The smallest absolute Gasteiger partial charge is 0.437 e. The van der Waals surface area contributed by atoms with Gasteiger partial charge in [0.05, 0.1) is 22.8 Å². The number of hydrogen-bond donors (Lipinski definition) is 0. The molecule has 1 aromatic heterocycles.